The second-order valence-electron chi connectivity index (χ2n) is 2.55. The summed E-state index contributed by atoms with van der Waals surface area (Å²) in [5, 5.41) is 8.88. The van der Waals surface area contributed by atoms with Crippen molar-refractivity contribution in [3.05, 3.63) is 34.1 Å². The number of benzene rings is 1. The van der Waals surface area contributed by atoms with Gasteiger partial charge in [0.15, 0.2) is 0 Å². The highest BCUT2D eigenvalue weighted by Gasteiger charge is 2.10. The van der Waals surface area contributed by atoms with Crippen LogP contribution >= 0.6 is 27.7 Å². The van der Waals surface area contributed by atoms with E-state index in [0.717, 1.165) is 0 Å². The maximum Gasteiger partial charge on any atom is 0.124 e. The molecule has 0 bridgehead atoms. The van der Waals surface area contributed by atoms with E-state index < -0.39 is 6.04 Å². The van der Waals surface area contributed by atoms with E-state index in [1.807, 2.05) is 0 Å². The number of hydrogen-bond donors (Lipinski definition) is 2. The molecule has 0 aliphatic rings. The van der Waals surface area contributed by atoms with Crippen LogP contribution in [-0.2, 0) is 0 Å². The number of aliphatic hydroxyl groups excluding tert-OH is 1. The summed E-state index contributed by atoms with van der Waals surface area (Å²) in [5.74, 6) is -0.366. The van der Waals surface area contributed by atoms with Crippen molar-refractivity contribution in [2.24, 2.45) is 0 Å². The van der Waals surface area contributed by atoms with Gasteiger partial charge in [0, 0.05) is 4.47 Å². The van der Waals surface area contributed by atoms with E-state index >= 15 is 0 Å². The van der Waals surface area contributed by atoms with E-state index in [1.54, 1.807) is 6.07 Å². The van der Waals surface area contributed by atoms with E-state index in [1.165, 1.54) is 12.1 Å². The van der Waals surface area contributed by atoms with Crippen LogP contribution in [0, 0.1) is 5.82 Å². The Bertz CT molecular complexity index is 273. The van der Waals surface area contributed by atoms with E-state index in [4.69, 9.17) is 16.9 Å². The molecule has 0 saturated carbocycles. The van der Waals surface area contributed by atoms with Crippen LogP contribution in [0.5, 0.6) is 0 Å². The first-order valence-corrected chi connectivity index (χ1v) is 4.77. The molecule has 0 heterocycles. The normalized spacial score (nSPS) is 12.9. The Labute approximate surface area is 89.0 Å². The number of aliphatic hydroxyl groups is 1. The molecule has 1 aromatic rings. The van der Waals surface area contributed by atoms with Crippen molar-refractivity contribution in [2.45, 2.75) is 6.04 Å². The molecular weight excluding hydrogens is 260 g/mol. The predicted octanol–water partition coefficient (Wildman–Crippen LogP) is 2.37. The lowest BCUT2D eigenvalue weighted by Gasteiger charge is -2.11. The Kier molecular flexibility index (Phi) is 4.12. The molecule has 0 amide bonds. The average Bonchev–Trinajstić information content (AvgIpc) is 2.04. The summed E-state index contributed by atoms with van der Waals surface area (Å²) in [5.41, 5.74) is 0.601. The molecule has 0 unspecified atom stereocenters. The van der Waals surface area contributed by atoms with Crippen LogP contribution in [0.15, 0.2) is 22.7 Å². The van der Waals surface area contributed by atoms with Gasteiger partial charge in [-0.1, -0.05) is 15.9 Å². The number of hydrogen-bond acceptors (Lipinski definition) is 2. The standard InChI is InChI=1S/C8H8BrClFNO/c9-6-1-5(2-7(11)3-6)8(4-13)12-10/h1-3,8,12-13H,4H2/t8-/m1/s1. The third-order valence-electron chi connectivity index (χ3n) is 1.60. The molecule has 0 aliphatic carbocycles. The van der Waals surface area contributed by atoms with E-state index in [0.29, 0.717) is 10.0 Å². The first-order valence-electron chi connectivity index (χ1n) is 3.60. The third kappa shape index (κ3) is 2.91. The molecule has 2 N–H and O–H groups in total. The van der Waals surface area contributed by atoms with Gasteiger partial charge >= 0.3 is 0 Å². The van der Waals surface area contributed by atoms with Gasteiger partial charge in [-0.05, 0) is 35.5 Å². The molecule has 1 rings (SSSR count). The van der Waals surface area contributed by atoms with Crippen LogP contribution in [0.4, 0.5) is 4.39 Å². The van der Waals surface area contributed by atoms with Crippen molar-refractivity contribution >= 4 is 27.7 Å². The first-order chi connectivity index (χ1) is 6.17. The van der Waals surface area contributed by atoms with Crippen molar-refractivity contribution in [2.75, 3.05) is 6.61 Å². The third-order valence-corrected chi connectivity index (χ3v) is 2.32. The fourth-order valence-corrected chi connectivity index (χ4v) is 1.66. The summed E-state index contributed by atoms with van der Waals surface area (Å²) >= 11 is 8.51. The van der Waals surface area contributed by atoms with Crippen LogP contribution in [0.1, 0.15) is 11.6 Å². The summed E-state index contributed by atoms with van der Waals surface area (Å²) in [6.45, 7) is -0.181. The topological polar surface area (TPSA) is 32.3 Å². The molecule has 1 atom stereocenters. The van der Waals surface area contributed by atoms with Crippen LogP contribution < -0.4 is 4.84 Å². The van der Waals surface area contributed by atoms with Gasteiger partial charge in [0.05, 0.1) is 12.6 Å². The summed E-state index contributed by atoms with van der Waals surface area (Å²) in [7, 11) is 0. The first kappa shape index (κ1) is 10.9. The number of rotatable bonds is 3. The zero-order valence-electron chi connectivity index (χ0n) is 6.60. The zero-order chi connectivity index (χ0) is 9.84. The lowest BCUT2D eigenvalue weighted by molar-refractivity contribution is 0.260. The lowest BCUT2D eigenvalue weighted by Crippen LogP contribution is -2.15. The fraction of sp³-hybridized carbons (Fsp3) is 0.250. The van der Waals surface area contributed by atoms with Crippen LogP contribution in [0.3, 0.4) is 0 Å². The van der Waals surface area contributed by atoms with Crippen molar-refractivity contribution in [1.82, 2.24) is 4.84 Å². The second kappa shape index (κ2) is 4.91. The molecule has 0 saturated heterocycles. The molecule has 0 spiro atoms. The predicted molar refractivity (Wildman–Crippen MR) is 52.9 cm³/mol. The van der Waals surface area contributed by atoms with Crippen molar-refractivity contribution < 1.29 is 9.50 Å². The smallest absolute Gasteiger partial charge is 0.124 e. The fourth-order valence-electron chi connectivity index (χ4n) is 0.979. The van der Waals surface area contributed by atoms with Gasteiger partial charge < -0.3 is 5.11 Å². The Hall–Kier alpha value is -0.160. The minimum Gasteiger partial charge on any atom is -0.394 e. The Balaban J connectivity index is 2.99. The highest BCUT2D eigenvalue weighted by molar-refractivity contribution is 9.10. The number of nitrogens with one attached hydrogen (secondary N) is 1. The van der Waals surface area contributed by atoms with Crippen molar-refractivity contribution in [3.63, 3.8) is 0 Å². The van der Waals surface area contributed by atoms with Gasteiger partial charge in [-0.25, -0.2) is 9.23 Å². The largest absolute Gasteiger partial charge is 0.394 e. The molecule has 1 aromatic carbocycles. The quantitative estimate of drug-likeness (QED) is 0.825. The second-order valence-corrected chi connectivity index (χ2v) is 3.68. The van der Waals surface area contributed by atoms with E-state index in [9.17, 15) is 4.39 Å². The summed E-state index contributed by atoms with van der Waals surface area (Å²) in [6, 6.07) is 3.90. The molecule has 0 fully saturated rings. The Morgan fingerprint density at radius 3 is 2.69 bits per heavy atom. The highest BCUT2D eigenvalue weighted by atomic mass is 79.9. The maximum atomic E-state index is 12.9. The molecule has 0 aliphatic heterocycles. The summed E-state index contributed by atoms with van der Waals surface area (Å²) in [6.07, 6.45) is 0. The summed E-state index contributed by atoms with van der Waals surface area (Å²) < 4.78 is 13.5. The van der Waals surface area contributed by atoms with Gasteiger partial charge in [0.25, 0.3) is 0 Å². The van der Waals surface area contributed by atoms with E-state index in [-0.39, 0.29) is 12.4 Å². The van der Waals surface area contributed by atoms with E-state index in [2.05, 4.69) is 20.8 Å². The van der Waals surface area contributed by atoms with Gasteiger partial charge in [-0.15, -0.1) is 0 Å². The van der Waals surface area contributed by atoms with Gasteiger partial charge in [-0.2, -0.15) is 0 Å². The minimum atomic E-state index is -0.450. The van der Waals surface area contributed by atoms with Crippen LogP contribution in [-0.4, -0.2) is 11.7 Å². The lowest BCUT2D eigenvalue weighted by atomic mass is 10.1. The zero-order valence-corrected chi connectivity index (χ0v) is 8.94. The van der Waals surface area contributed by atoms with Crippen molar-refractivity contribution in [3.8, 4) is 0 Å². The molecule has 0 aromatic heterocycles. The van der Waals surface area contributed by atoms with Crippen LogP contribution in [0.2, 0.25) is 0 Å². The van der Waals surface area contributed by atoms with Crippen LogP contribution in [0.25, 0.3) is 0 Å². The monoisotopic (exact) mass is 267 g/mol. The SMILES string of the molecule is OC[C@@H](NCl)c1cc(F)cc(Br)c1. The molecule has 0 radical (unpaired) electrons. The average molecular weight is 269 g/mol. The molecular formula is C8H8BrClFNO. The number of halogens is 3. The highest BCUT2D eigenvalue weighted by Crippen LogP contribution is 2.20. The van der Waals surface area contributed by atoms with Crippen molar-refractivity contribution in [1.29, 1.82) is 0 Å². The molecule has 5 heteroatoms. The minimum absolute atomic E-state index is 0.181. The Morgan fingerprint density at radius 2 is 2.23 bits per heavy atom. The molecule has 13 heavy (non-hydrogen) atoms. The molecule has 2 nitrogen and oxygen atoms in total. The Morgan fingerprint density at radius 1 is 1.54 bits per heavy atom. The maximum absolute atomic E-state index is 12.9. The van der Waals surface area contributed by atoms with Gasteiger partial charge in [0.1, 0.15) is 5.82 Å². The van der Waals surface area contributed by atoms with Gasteiger partial charge in [-0.3, -0.25) is 0 Å². The summed E-state index contributed by atoms with van der Waals surface area (Å²) in [4.78, 5) is 2.36. The van der Waals surface area contributed by atoms with Gasteiger partial charge in [0.2, 0.25) is 0 Å². The molecule has 72 valence electrons.